The monoisotopic (exact) mass is 434 g/mol. The quantitative estimate of drug-likeness (QED) is 0.386. The number of carbonyl (C=O) groups is 1. The van der Waals surface area contributed by atoms with E-state index in [1.165, 1.54) is 4.88 Å². The number of nitrogens with one attached hydrogen (secondary N) is 1. The molecule has 3 heterocycles. The second-order valence-corrected chi connectivity index (χ2v) is 8.50. The number of pyridine rings is 1. The Balaban J connectivity index is 1.35. The Labute approximate surface area is 185 Å². The summed E-state index contributed by atoms with van der Waals surface area (Å²) in [4.78, 5) is 18.7. The first kappa shape index (κ1) is 21.2. The Morgan fingerprint density at radius 3 is 2.84 bits per heavy atom. The summed E-state index contributed by atoms with van der Waals surface area (Å²) in [5.41, 5.74) is 3.29. The zero-order chi connectivity index (χ0) is 21.6. The van der Waals surface area contributed by atoms with Gasteiger partial charge in [-0.15, -0.1) is 11.3 Å². The number of rotatable bonds is 9. The molecule has 0 saturated carbocycles. The maximum Gasteiger partial charge on any atom is 0.252 e. The number of fused-ring (bicyclic) bond motifs is 1. The highest BCUT2D eigenvalue weighted by atomic mass is 32.1. The standard InChI is InChI=1S/C24H26N4O2S/c1-17-14-21(22-15-26-28(23(22)27-17)16-20-10-6-13-31-20)24(29)25-11-7-12-30-18(2)19-8-4-3-5-9-19/h3-6,8-10,13-15,18H,7,11-12,16H2,1-2H3,(H,25,29). The lowest BCUT2D eigenvalue weighted by atomic mass is 10.1. The molecular weight excluding hydrogens is 408 g/mol. The summed E-state index contributed by atoms with van der Waals surface area (Å²) >= 11 is 1.68. The van der Waals surface area contributed by atoms with E-state index in [1.807, 2.05) is 54.2 Å². The van der Waals surface area contributed by atoms with Crippen LogP contribution < -0.4 is 5.32 Å². The van der Waals surface area contributed by atoms with Crippen LogP contribution in [0.5, 0.6) is 0 Å². The molecule has 6 nitrogen and oxygen atoms in total. The topological polar surface area (TPSA) is 69.0 Å². The average Bonchev–Trinajstić information content (AvgIpc) is 3.44. The van der Waals surface area contributed by atoms with Gasteiger partial charge in [0.25, 0.3) is 5.91 Å². The van der Waals surface area contributed by atoms with Gasteiger partial charge < -0.3 is 10.1 Å². The van der Waals surface area contributed by atoms with Crippen molar-refractivity contribution in [3.63, 3.8) is 0 Å². The van der Waals surface area contributed by atoms with Crippen LogP contribution in [-0.4, -0.2) is 33.8 Å². The van der Waals surface area contributed by atoms with E-state index in [2.05, 4.69) is 33.6 Å². The van der Waals surface area contributed by atoms with Gasteiger partial charge in [0.1, 0.15) is 0 Å². The molecule has 1 N–H and O–H groups in total. The van der Waals surface area contributed by atoms with Crippen molar-refractivity contribution in [2.24, 2.45) is 0 Å². The van der Waals surface area contributed by atoms with Gasteiger partial charge in [0.2, 0.25) is 0 Å². The highest BCUT2D eigenvalue weighted by molar-refractivity contribution is 7.09. The Kier molecular flexibility index (Phi) is 6.74. The van der Waals surface area contributed by atoms with Crippen molar-refractivity contribution in [3.05, 3.63) is 81.8 Å². The van der Waals surface area contributed by atoms with Gasteiger partial charge in [0, 0.05) is 23.7 Å². The molecule has 0 radical (unpaired) electrons. The number of hydrogen-bond donors (Lipinski definition) is 1. The molecular formula is C24H26N4O2S. The fraction of sp³-hybridized carbons (Fsp3) is 0.292. The largest absolute Gasteiger partial charge is 0.374 e. The molecule has 3 aromatic heterocycles. The molecule has 0 aliphatic heterocycles. The number of thiophene rings is 1. The normalized spacial score (nSPS) is 12.2. The third-order valence-corrected chi connectivity index (χ3v) is 5.97. The van der Waals surface area contributed by atoms with Crippen molar-refractivity contribution in [1.82, 2.24) is 20.1 Å². The van der Waals surface area contributed by atoms with Crippen LogP contribution in [0.25, 0.3) is 11.0 Å². The van der Waals surface area contributed by atoms with E-state index in [-0.39, 0.29) is 12.0 Å². The molecule has 0 aliphatic carbocycles. The Morgan fingerprint density at radius 1 is 1.23 bits per heavy atom. The second kappa shape index (κ2) is 9.85. The Bertz CT molecular complexity index is 1140. The number of benzene rings is 1. The lowest BCUT2D eigenvalue weighted by Gasteiger charge is -2.13. The molecule has 1 aromatic carbocycles. The molecule has 1 amide bonds. The molecule has 1 atom stereocenters. The highest BCUT2D eigenvalue weighted by Gasteiger charge is 2.16. The van der Waals surface area contributed by atoms with Gasteiger partial charge in [-0.3, -0.25) is 4.79 Å². The summed E-state index contributed by atoms with van der Waals surface area (Å²) in [5, 5.41) is 10.3. The summed E-state index contributed by atoms with van der Waals surface area (Å²) in [6.45, 7) is 5.72. The number of aromatic nitrogens is 3. The SMILES string of the molecule is Cc1cc(C(=O)NCCCOC(C)c2ccccc2)c2cnn(Cc3cccs3)c2n1. The number of nitrogens with zero attached hydrogens (tertiary/aromatic N) is 3. The average molecular weight is 435 g/mol. The van der Waals surface area contributed by atoms with E-state index in [0.29, 0.717) is 25.3 Å². The summed E-state index contributed by atoms with van der Waals surface area (Å²) in [6, 6.07) is 16.0. The number of aryl methyl sites for hydroxylation is 1. The van der Waals surface area contributed by atoms with Crippen LogP contribution in [0, 0.1) is 6.92 Å². The third kappa shape index (κ3) is 5.18. The number of amides is 1. The van der Waals surface area contributed by atoms with Crippen molar-refractivity contribution in [2.75, 3.05) is 13.2 Å². The lowest BCUT2D eigenvalue weighted by molar-refractivity contribution is 0.0635. The molecule has 160 valence electrons. The van der Waals surface area contributed by atoms with Crippen molar-refractivity contribution in [3.8, 4) is 0 Å². The molecule has 0 fully saturated rings. The van der Waals surface area contributed by atoms with Crippen LogP contribution in [-0.2, 0) is 11.3 Å². The second-order valence-electron chi connectivity index (χ2n) is 7.46. The molecule has 4 rings (SSSR count). The van der Waals surface area contributed by atoms with E-state index in [9.17, 15) is 4.79 Å². The predicted octanol–water partition coefficient (Wildman–Crippen LogP) is 4.75. The molecule has 0 spiro atoms. The van der Waals surface area contributed by atoms with E-state index < -0.39 is 0 Å². The number of carbonyl (C=O) groups excluding carboxylic acids is 1. The minimum Gasteiger partial charge on any atom is -0.374 e. The maximum absolute atomic E-state index is 12.8. The van der Waals surface area contributed by atoms with Crippen LogP contribution in [0.2, 0.25) is 0 Å². The Hall–Kier alpha value is -3.03. The van der Waals surface area contributed by atoms with Gasteiger partial charge in [-0.2, -0.15) is 5.10 Å². The molecule has 31 heavy (non-hydrogen) atoms. The molecule has 0 saturated heterocycles. The smallest absolute Gasteiger partial charge is 0.252 e. The van der Waals surface area contributed by atoms with Gasteiger partial charge in [-0.05, 0) is 43.3 Å². The van der Waals surface area contributed by atoms with E-state index in [0.717, 1.165) is 28.7 Å². The van der Waals surface area contributed by atoms with Crippen LogP contribution in [0.3, 0.4) is 0 Å². The molecule has 7 heteroatoms. The minimum atomic E-state index is -0.109. The molecule has 0 aliphatic rings. The zero-order valence-corrected chi connectivity index (χ0v) is 18.6. The molecule has 4 aromatic rings. The molecule has 1 unspecified atom stereocenters. The minimum absolute atomic E-state index is 0.0357. The zero-order valence-electron chi connectivity index (χ0n) is 17.7. The third-order valence-electron chi connectivity index (χ3n) is 5.11. The van der Waals surface area contributed by atoms with Crippen LogP contribution >= 0.6 is 11.3 Å². The predicted molar refractivity (Wildman–Crippen MR) is 123 cm³/mol. The lowest BCUT2D eigenvalue weighted by Crippen LogP contribution is -2.25. The van der Waals surface area contributed by atoms with E-state index in [4.69, 9.17) is 4.74 Å². The highest BCUT2D eigenvalue weighted by Crippen LogP contribution is 2.20. The van der Waals surface area contributed by atoms with Crippen molar-refractivity contribution >= 4 is 28.3 Å². The first-order valence-electron chi connectivity index (χ1n) is 10.4. The van der Waals surface area contributed by atoms with Gasteiger partial charge >= 0.3 is 0 Å². The summed E-state index contributed by atoms with van der Waals surface area (Å²) < 4.78 is 7.74. The maximum atomic E-state index is 12.8. The fourth-order valence-electron chi connectivity index (χ4n) is 3.48. The number of hydrogen-bond acceptors (Lipinski definition) is 5. The fourth-order valence-corrected chi connectivity index (χ4v) is 4.16. The van der Waals surface area contributed by atoms with E-state index in [1.54, 1.807) is 17.5 Å². The van der Waals surface area contributed by atoms with Crippen molar-refractivity contribution in [1.29, 1.82) is 0 Å². The first-order valence-corrected chi connectivity index (χ1v) is 11.3. The molecule has 0 bridgehead atoms. The van der Waals surface area contributed by atoms with Crippen LogP contribution in [0.4, 0.5) is 0 Å². The van der Waals surface area contributed by atoms with Crippen molar-refractivity contribution < 1.29 is 9.53 Å². The van der Waals surface area contributed by atoms with Crippen LogP contribution in [0.1, 0.15) is 45.9 Å². The van der Waals surface area contributed by atoms with Gasteiger partial charge in [-0.25, -0.2) is 9.67 Å². The first-order chi connectivity index (χ1) is 15.1. The summed E-state index contributed by atoms with van der Waals surface area (Å²) in [7, 11) is 0. The van der Waals surface area contributed by atoms with E-state index >= 15 is 0 Å². The van der Waals surface area contributed by atoms with Crippen LogP contribution in [0.15, 0.2) is 60.1 Å². The number of ether oxygens (including phenoxy) is 1. The van der Waals surface area contributed by atoms with Crippen molar-refractivity contribution in [2.45, 2.75) is 32.9 Å². The van der Waals surface area contributed by atoms with Gasteiger partial charge in [0.15, 0.2) is 5.65 Å². The van der Waals surface area contributed by atoms with Gasteiger partial charge in [0.05, 0.1) is 29.8 Å². The summed E-state index contributed by atoms with van der Waals surface area (Å²) in [6.07, 6.45) is 2.51. The van der Waals surface area contributed by atoms with Gasteiger partial charge in [-0.1, -0.05) is 36.4 Å². The Morgan fingerprint density at radius 2 is 2.06 bits per heavy atom. The summed E-state index contributed by atoms with van der Waals surface area (Å²) in [5.74, 6) is -0.109.